The van der Waals surface area contributed by atoms with E-state index in [9.17, 15) is 8.78 Å². The third-order valence-corrected chi connectivity index (χ3v) is 1.96. The second kappa shape index (κ2) is 4.42. The number of hydrogen-bond acceptors (Lipinski definition) is 1. The summed E-state index contributed by atoms with van der Waals surface area (Å²) in [6.07, 6.45) is -2.39. The molecule has 1 N–H and O–H groups in total. The Labute approximate surface area is 80.7 Å². The van der Waals surface area contributed by atoms with Crippen LogP contribution in [0.1, 0.15) is 6.92 Å². The normalized spacial score (nSPS) is 13.0. The van der Waals surface area contributed by atoms with Gasteiger partial charge in [-0.1, -0.05) is 23.7 Å². The fourth-order valence-corrected chi connectivity index (χ4v) is 1.08. The van der Waals surface area contributed by atoms with E-state index in [-0.39, 0.29) is 0 Å². The van der Waals surface area contributed by atoms with Crippen LogP contribution < -0.4 is 5.32 Å². The number of benzene rings is 1. The van der Waals surface area contributed by atoms with Gasteiger partial charge in [-0.2, -0.15) is 0 Å². The van der Waals surface area contributed by atoms with Gasteiger partial charge < -0.3 is 5.32 Å². The Bertz CT molecular complexity index is 278. The van der Waals surface area contributed by atoms with E-state index in [1.807, 2.05) is 0 Å². The zero-order valence-corrected chi connectivity index (χ0v) is 7.85. The van der Waals surface area contributed by atoms with Crippen molar-refractivity contribution in [2.75, 3.05) is 5.32 Å². The average Bonchev–Trinajstić information content (AvgIpc) is 2.08. The molecule has 1 aromatic carbocycles. The highest BCUT2D eigenvalue weighted by Gasteiger charge is 2.14. The molecule has 0 bridgehead atoms. The topological polar surface area (TPSA) is 12.0 Å². The summed E-state index contributed by atoms with van der Waals surface area (Å²) in [5.74, 6) is 0. The van der Waals surface area contributed by atoms with Gasteiger partial charge in [0.25, 0.3) is 6.43 Å². The van der Waals surface area contributed by atoms with Crippen molar-refractivity contribution in [3.63, 3.8) is 0 Å². The van der Waals surface area contributed by atoms with Crippen molar-refractivity contribution in [3.8, 4) is 0 Å². The molecule has 0 saturated carbocycles. The molecule has 0 aromatic heterocycles. The van der Waals surface area contributed by atoms with Crippen molar-refractivity contribution in [1.82, 2.24) is 0 Å². The predicted molar refractivity (Wildman–Crippen MR) is 50.5 cm³/mol. The lowest BCUT2D eigenvalue weighted by atomic mass is 10.3. The van der Waals surface area contributed by atoms with E-state index >= 15 is 0 Å². The molecule has 0 amide bonds. The Morgan fingerprint density at radius 1 is 1.31 bits per heavy atom. The summed E-state index contributed by atoms with van der Waals surface area (Å²) >= 11 is 5.77. The minimum absolute atomic E-state index is 0.454. The van der Waals surface area contributed by atoms with Crippen LogP contribution in [0.3, 0.4) is 0 Å². The standard InChI is InChI=1S/C9H10ClF2N/c1-6(9(11)12)13-8-5-3-2-4-7(8)10/h2-6,9,13H,1H3. The van der Waals surface area contributed by atoms with Crippen molar-refractivity contribution in [3.05, 3.63) is 29.3 Å². The van der Waals surface area contributed by atoms with Crippen LogP contribution in [0, 0.1) is 0 Å². The monoisotopic (exact) mass is 205 g/mol. The number of hydrogen-bond donors (Lipinski definition) is 1. The van der Waals surface area contributed by atoms with Gasteiger partial charge in [0.2, 0.25) is 0 Å². The Morgan fingerprint density at radius 3 is 2.46 bits per heavy atom. The van der Waals surface area contributed by atoms with E-state index in [1.165, 1.54) is 6.92 Å². The molecule has 1 nitrogen and oxygen atoms in total. The van der Waals surface area contributed by atoms with Crippen LogP contribution in [0.5, 0.6) is 0 Å². The molecule has 0 saturated heterocycles. The van der Waals surface area contributed by atoms with Gasteiger partial charge in [-0.15, -0.1) is 0 Å². The van der Waals surface area contributed by atoms with E-state index < -0.39 is 12.5 Å². The van der Waals surface area contributed by atoms with E-state index in [4.69, 9.17) is 11.6 Å². The van der Waals surface area contributed by atoms with Crippen LogP contribution >= 0.6 is 11.6 Å². The summed E-state index contributed by atoms with van der Waals surface area (Å²) in [6.45, 7) is 1.41. The van der Waals surface area contributed by atoms with Crippen LogP contribution in [0.4, 0.5) is 14.5 Å². The zero-order valence-electron chi connectivity index (χ0n) is 7.10. The third kappa shape index (κ3) is 2.84. The number of alkyl halides is 2. The summed E-state index contributed by atoms with van der Waals surface area (Å²) in [5, 5.41) is 3.08. The first kappa shape index (κ1) is 10.3. The molecule has 0 aliphatic rings. The molecule has 0 spiro atoms. The summed E-state index contributed by atoms with van der Waals surface area (Å²) in [4.78, 5) is 0. The summed E-state index contributed by atoms with van der Waals surface area (Å²) in [6, 6.07) is 5.93. The van der Waals surface area contributed by atoms with E-state index in [0.717, 1.165) is 0 Å². The molecular weight excluding hydrogens is 196 g/mol. The van der Waals surface area contributed by atoms with Gasteiger partial charge in [-0.3, -0.25) is 0 Å². The maximum atomic E-state index is 12.1. The molecule has 13 heavy (non-hydrogen) atoms. The highest BCUT2D eigenvalue weighted by molar-refractivity contribution is 6.33. The van der Waals surface area contributed by atoms with E-state index in [2.05, 4.69) is 5.32 Å². The van der Waals surface area contributed by atoms with Crippen molar-refractivity contribution in [2.45, 2.75) is 19.4 Å². The first-order chi connectivity index (χ1) is 6.11. The van der Waals surface area contributed by atoms with Gasteiger partial charge in [0.1, 0.15) is 0 Å². The highest BCUT2D eigenvalue weighted by atomic mass is 35.5. The molecular formula is C9H10ClF2N. The SMILES string of the molecule is CC(Nc1ccccc1Cl)C(F)F. The second-order valence-electron chi connectivity index (χ2n) is 2.75. The molecule has 1 atom stereocenters. The van der Waals surface area contributed by atoms with E-state index in [1.54, 1.807) is 24.3 Å². The number of nitrogens with one attached hydrogen (secondary N) is 1. The number of halogens is 3. The number of anilines is 1. The molecule has 1 unspecified atom stereocenters. The van der Waals surface area contributed by atoms with Gasteiger partial charge in [0.05, 0.1) is 16.8 Å². The lowest BCUT2D eigenvalue weighted by molar-refractivity contribution is 0.131. The maximum absolute atomic E-state index is 12.1. The molecule has 0 aliphatic carbocycles. The minimum atomic E-state index is -2.39. The quantitative estimate of drug-likeness (QED) is 0.798. The molecule has 72 valence electrons. The zero-order chi connectivity index (χ0) is 9.84. The summed E-state index contributed by atoms with van der Waals surface area (Å²) < 4.78 is 24.3. The third-order valence-electron chi connectivity index (χ3n) is 1.63. The van der Waals surface area contributed by atoms with Crippen LogP contribution in [0.15, 0.2) is 24.3 Å². The summed E-state index contributed by atoms with van der Waals surface area (Å²) in [7, 11) is 0. The van der Waals surface area contributed by atoms with Crippen LogP contribution in [0.25, 0.3) is 0 Å². The Kier molecular flexibility index (Phi) is 3.48. The molecule has 1 aromatic rings. The maximum Gasteiger partial charge on any atom is 0.258 e. The lowest BCUT2D eigenvalue weighted by Crippen LogP contribution is -2.23. The van der Waals surface area contributed by atoms with Crippen molar-refractivity contribution >= 4 is 17.3 Å². The van der Waals surface area contributed by atoms with Gasteiger partial charge in [-0.25, -0.2) is 8.78 Å². The van der Waals surface area contributed by atoms with Crippen LogP contribution in [-0.2, 0) is 0 Å². The van der Waals surface area contributed by atoms with Gasteiger partial charge in [-0.05, 0) is 19.1 Å². The van der Waals surface area contributed by atoms with Crippen LogP contribution in [-0.4, -0.2) is 12.5 Å². The summed E-state index contributed by atoms with van der Waals surface area (Å²) in [5.41, 5.74) is 0.539. The lowest BCUT2D eigenvalue weighted by Gasteiger charge is -2.14. The molecule has 4 heteroatoms. The van der Waals surface area contributed by atoms with Gasteiger partial charge in [0, 0.05) is 0 Å². The second-order valence-corrected chi connectivity index (χ2v) is 3.15. The van der Waals surface area contributed by atoms with Crippen molar-refractivity contribution < 1.29 is 8.78 Å². The van der Waals surface area contributed by atoms with Crippen molar-refractivity contribution in [1.29, 1.82) is 0 Å². The Hall–Kier alpha value is -0.830. The molecule has 0 aliphatic heterocycles. The fraction of sp³-hybridized carbons (Fsp3) is 0.333. The van der Waals surface area contributed by atoms with Gasteiger partial charge in [0.15, 0.2) is 0 Å². The molecule has 0 heterocycles. The first-order valence-corrected chi connectivity index (χ1v) is 4.28. The molecule has 1 rings (SSSR count). The predicted octanol–water partition coefficient (Wildman–Crippen LogP) is 3.41. The molecule has 0 fully saturated rings. The molecule has 0 radical (unpaired) electrons. The minimum Gasteiger partial charge on any atom is -0.376 e. The smallest absolute Gasteiger partial charge is 0.258 e. The van der Waals surface area contributed by atoms with Crippen molar-refractivity contribution in [2.24, 2.45) is 0 Å². The fourth-order valence-electron chi connectivity index (χ4n) is 0.887. The number of para-hydroxylation sites is 1. The highest BCUT2D eigenvalue weighted by Crippen LogP contribution is 2.22. The van der Waals surface area contributed by atoms with E-state index in [0.29, 0.717) is 10.7 Å². The first-order valence-electron chi connectivity index (χ1n) is 3.90. The largest absolute Gasteiger partial charge is 0.376 e. The number of rotatable bonds is 3. The Balaban J connectivity index is 2.69. The van der Waals surface area contributed by atoms with Crippen LogP contribution in [0.2, 0.25) is 5.02 Å². The van der Waals surface area contributed by atoms with Gasteiger partial charge >= 0.3 is 0 Å². The average molecular weight is 206 g/mol. The Morgan fingerprint density at radius 2 is 1.92 bits per heavy atom.